The van der Waals surface area contributed by atoms with Gasteiger partial charge in [-0.1, -0.05) is 42.8 Å². The maximum atomic E-state index is 13.3. The molecule has 1 aliphatic carbocycles. The van der Waals surface area contributed by atoms with Crippen molar-refractivity contribution in [1.29, 1.82) is 0 Å². The number of esters is 1. The maximum Gasteiger partial charge on any atom is 0.314 e. The number of aromatic nitrogens is 4. The Morgan fingerprint density at radius 1 is 1.07 bits per heavy atom. The van der Waals surface area contributed by atoms with E-state index in [-0.39, 0.29) is 23.7 Å². The van der Waals surface area contributed by atoms with E-state index < -0.39 is 0 Å². The molecule has 0 spiro atoms. The molecular formula is C34H35ClN4O4. The van der Waals surface area contributed by atoms with Crippen molar-refractivity contribution >= 4 is 28.5 Å². The molecule has 0 aliphatic heterocycles. The monoisotopic (exact) mass is 598 g/mol. The smallest absolute Gasteiger partial charge is 0.314 e. The van der Waals surface area contributed by atoms with Crippen LogP contribution in [0.4, 0.5) is 0 Å². The highest BCUT2D eigenvalue weighted by Gasteiger charge is 2.34. The second kappa shape index (κ2) is 12.9. The van der Waals surface area contributed by atoms with Crippen LogP contribution in [0, 0.1) is 11.8 Å². The molecule has 1 aliphatic rings. The molecule has 9 heteroatoms. The number of carbonyl (C=O) groups excluding carboxylic acids is 1. The first-order valence-corrected chi connectivity index (χ1v) is 15.1. The van der Waals surface area contributed by atoms with Crippen LogP contribution in [-0.2, 0) is 17.8 Å². The first-order chi connectivity index (χ1) is 21.0. The Hall–Kier alpha value is -4.30. The number of H-pyrrole nitrogens is 1. The zero-order valence-corrected chi connectivity index (χ0v) is 25.1. The van der Waals surface area contributed by atoms with E-state index in [0.717, 1.165) is 47.8 Å². The SMILES string of the molecule is COc1cc(C2CC(C(C)C(=O)Oc3ccccc3)CCc3c2[nH]c2ccc(Cl)cc32)ccc1OCCCn1nccn1. The number of aryl methyl sites for hydroxylation is 2. The number of methoxy groups -OCH3 is 1. The van der Waals surface area contributed by atoms with Gasteiger partial charge in [-0.3, -0.25) is 4.79 Å². The van der Waals surface area contributed by atoms with Gasteiger partial charge in [-0.15, -0.1) is 0 Å². The lowest BCUT2D eigenvalue weighted by Crippen LogP contribution is -2.26. The van der Waals surface area contributed by atoms with Crippen LogP contribution in [0.25, 0.3) is 10.9 Å². The molecule has 43 heavy (non-hydrogen) atoms. The highest BCUT2D eigenvalue weighted by Crippen LogP contribution is 2.45. The van der Waals surface area contributed by atoms with Crippen LogP contribution in [0.2, 0.25) is 5.02 Å². The van der Waals surface area contributed by atoms with Crippen molar-refractivity contribution < 1.29 is 19.0 Å². The molecule has 5 aromatic rings. The topological polar surface area (TPSA) is 91.3 Å². The van der Waals surface area contributed by atoms with Gasteiger partial charge in [0.05, 0.1) is 38.6 Å². The van der Waals surface area contributed by atoms with E-state index in [0.29, 0.717) is 35.4 Å². The molecule has 0 bridgehead atoms. The molecule has 0 amide bonds. The number of para-hydroxylation sites is 1. The summed E-state index contributed by atoms with van der Waals surface area (Å²) in [4.78, 5) is 18.6. The fourth-order valence-electron chi connectivity index (χ4n) is 6.09. The summed E-state index contributed by atoms with van der Waals surface area (Å²) in [7, 11) is 1.66. The molecule has 1 N–H and O–H groups in total. The van der Waals surface area contributed by atoms with Crippen LogP contribution in [0.15, 0.2) is 79.1 Å². The quantitative estimate of drug-likeness (QED) is 0.0790. The number of ether oxygens (including phenoxy) is 3. The molecule has 0 saturated carbocycles. The van der Waals surface area contributed by atoms with E-state index >= 15 is 0 Å². The van der Waals surface area contributed by atoms with Crippen molar-refractivity contribution in [2.75, 3.05) is 13.7 Å². The van der Waals surface area contributed by atoms with E-state index in [4.69, 9.17) is 25.8 Å². The zero-order chi connectivity index (χ0) is 29.8. The highest BCUT2D eigenvalue weighted by molar-refractivity contribution is 6.31. The maximum absolute atomic E-state index is 13.3. The lowest BCUT2D eigenvalue weighted by atomic mass is 9.81. The Morgan fingerprint density at radius 3 is 2.67 bits per heavy atom. The normalized spacial score (nSPS) is 17.2. The number of nitrogens with zero attached hydrogens (tertiary/aromatic N) is 3. The summed E-state index contributed by atoms with van der Waals surface area (Å²) >= 11 is 6.43. The third-order valence-electron chi connectivity index (χ3n) is 8.41. The summed E-state index contributed by atoms with van der Waals surface area (Å²) in [6.07, 6.45) is 6.57. The minimum atomic E-state index is -0.282. The van der Waals surface area contributed by atoms with Gasteiger partial charge >= 0.3 is 5.97 Å². The van der Waals surface area contributed by atoms with Crippen molar-refractivity contribution in [3.8, 4) is 17.2 Å². The lowest BCUT2D eigenvalue weighted by molar-refractivity contribution is -0.140. The number of aromatic amines is 1. The number of rotatable bonds is 10. The molecule has 0 radical (unpaired) electrons. The Kier molecular flexibility index (Phi) is 8.65. The minimum Gasteiger partial charge on any atom is -0.493 e. The third kappa shape index (κ3) is 6.39. The van der Waals surface area contributed by atoms with Gasteiger partial charge in [0.2, 0.25) is 0 Å². The Morgan fingerprint density at radius 2 is 1.88 bits per heavy atom. The molecular weight excluding hydrogens is 564 g/mol. The molecule has 3 aromatic carbocycles. The minimum absolute atomic E-state index is 0.00879. The third-order valence-corrected chi connectivity index (χ3v) is 8.65. The highest BCUT2D eigenvalue weighted by atomic mass is 35.5. The summed E-state index contributed by atoms with van der Waals surface area (Å²) in [5.74, 6) is 1.55. The summed E-state index contributed by atoms with van der Waals surface area (Å²) in [6, 6.07) is 21.4. The van der Waals surface area contributed by atoms with Crippen molar-refractivity contribution in [2.45, 2.75) is 45.1 Å². The van der Waals surface area contributed by atoms with Crippen molar-refractivity contribution in [3.05, 3.63) is 101 Å². The Balaban J connectivity index is 1.28. The molecule has 222 valence electrons. The molecule has 2 heterocycles. The van der Waals surface area contributed by atoms with Gasteiger partial charge in [0.1, 0.15) is 5.75 Å². The van der Waals surface area contributed by atoms with Gasteiger partial charge in [-0.05, 0) is 78.8 Å². The van der Waals surface area contributed by atoms with Crippen LogP contribution >= 0.6 is 11.6 Å². The van der Waals surface area contributed by atoms with Crippen LogP contribution in [0.5, 0.6) is 17.2 Å². The molecule has 8 nitrogen and oxygen atoms in total. The van der Waals surface area contributed by atoms with Crippen LogP contribution in [0.3, 0.4) is 0 Å². The molecule has 2 aromatic heterocycles. The van der Waals surface area contributed by atoms with Crippen molar-refractivity contribution in [2.24, 2.45) is 11.8 Å². The summed E-state index contributed by atoms with van der Waals surface area (Å²) in [5, 5.41) is 10.1. The fraction of sp³-hybridized carbons (Fsp3) is 0.324. The molecule has 0 saturated heterocycles. The zero-order valence-electron chi connectivity index (χ0n) is 24.3. The average molecular weight is 599 g/mol. The molecule has 3 atom stereocenters. The van der Waals surface area contributed by atoms with Crippen LogP contribution < -0.4 is 14.2 Å². The van der Waals surface area contributed by atoms with Gasteiger partial charge in [-0.25, -0.2) is 0 Å². The Labute approximate surface area is 255 Å². The summed E-state index contributed by atoms with van der Waals surface area (Å²) < 4.78 is 17.7. The number of hydrogen-bond donors (Lipinski definition) is 1. The average Bonchev–Trinajstić information content (AvgIpc) is 3.63. The lowest BCUT2D eigenvalue weighted by Gasteiger charge is -2.25. The van der Waals surface area contributed by atoms with Gasteiger partial charge in [-0.2, -0.15) is 15.0 Å². The van der Waals surface area contributed by atoms with Crippen LogP contribution in [0.1, 0.15) is 48.9 Å². The standard InChI is InChI=1S/C34H35ClN4O4/c1-22(34(40)43-26-7-4-3-5-8-26)23-9-12-27-29-21-25(35)11-13-30(29)38-33(27)28(19-23)24-10-14-31(32(20-24)41-2)42-18-6-17-39-36-15-16-37-39/h3-5,7-8,10-11,13-16,20-23,28,38H,6,9,12,17-19H2,1-2H3. The van der Waals surface area contributed by atoms with E-state index in [2.05, 4.69) is 27.3 Å². The van der Waals surface area contributed by atoms with E-state index in [1.54, 1.807) is 24.3 Å². The predicted octanol–water partition coefficient (Wildman–Crippen LogP) is 7.22. The van der Waals surface area contributed by atoms with E-state index in [1.807, 2.05) is 61.5 Å². The largest absolute Gasteiger partial charge is 0.493 e. The summed E-state index contributed by atoms with van der Waals surface area (Å²) in [5.41, 5.74) is 4.57. The molecule has 6 rings (SSSR count). The predicted molar refractivity (Wildman–Crippen MR) is 166 cm³/mol. The second-order valence-electron chi connectivity index (χ2n) is 11.1. The van der Waals surface area contributed by atoms with Gasteiger partial charge in [0.15, 0.2) is 11.5 Å². The van der Waals surface area contributed by atoms with Crippen molar-refractivity contribution in [3.63, 3.8) is 0 Å². The summed E-state index contributed by atoms with van der Waals surface area (Å²) in [6.45, 7) is 3.17. The number of carbonyl (C=O) groups is 1. The first-order valence-electron chi connectivity index (χ1n) is 14.7. The van der Waals surface area contributed by atoms with Crippen molar-refractivity contribution in [1.82, 2.24) is 20.0 Å². The van der Waals surface area contributed by atoms with Gasteiger partial charge < -0.3 is 19.2 Å². The fourth-order valence-corrected chi connectivity index (χ4v) is 6.26. The molecule has 0 fully saturated rings. The Bertz CT molecular complexity index is 1690. The van der Waals surface area contributed by atoms with E-state index in [9.17, 15) is 4.79 Å². The number of halogens is 1. The number of fused-ring (bicyclic) bond motifs is 3. The van der Waals surface area contributed by atoms with E-state index in [1.165, 1.54) is 5.56 Å². The number of hydrogen-bond acceptors (Lipinski definition) is 6. The van der Waals surface area contributed by atoms with Gasteiger partial charge in [0.25, 0.3) is 0 Å². The van der Waals surface area contributed by atoms with Gasteiger partial charge in [0, 0.05) is 34.0 Å². The molecule has 3 unspecified atom stereocenters. The number of nitrogens with one attached hydrogen (secondary N) is 1. The first kappa shape index (κ1) is 28.8. The second-order valence-corrected chi connectivity index (χ2v) is 11.5. The van der Waals surface area contributed by atoms with Crippen LogP contribution in [-0.4, -0.2) is 39.7 Å². The number of benzene rings is 3.